The van der Waals surface area contributed by atoms with Crippen LogP contribution in [0.15, 0.2) is 59.3 Å². The lowest BCUT2D eigenvalue weighted by Gasteiger charge is -2.37. The smallest absolute Gasteiger partial charge is 0.287 e. The van der Waals surface area contributed by atoms with Gasteiger partial charge in [0.25, 0.3) is 5.91 Å². The van der Waals surface area contributed by atoms with Crippen LogP contribution in [0.2, 0.25) is 0 Å². The van der Waals surface area contributed by atoms with Crippen LogP contribution in [0, 0.1) is 5.92 Å². The number of rotatable bonds is 8. The Balaban J connectivity index is 0.951. The number of aromatic nitrogens is 2. The minimum atomic E-state index is -0.0934. The Kier molecular flexibility index (Phi) is 8.59. The van der Waals surface area contributed by atoms with Crippen LogP contribution in [0.4, 0.5) is 11.6 Å². The number of furan rings is 1. The standard InChI is InChI=1S/C31H40N6O3/c38-31(28-4-2-20-40-28)33-26-8-6-24(7-9-26)11-13-35-14-16-36(17-15-35)30-23-25(10-12-32-30)27-3-1-5-29(34-27)37-18-21-39-22-19-37/h1-5,10,12,20,23-24,26H,6-9,11,13-19,21-22H2,(H,33,38). The fraction of sp³-hybridized carbons (Fsp3) is 0.516. The maximum Gasteiger partial charge on any atom is 0.287 e. The van der Waals surface area contributed by atoms with Crippen LogP contribution in [-0.4, -0.2) is 85.8 Å². The molecule has 40 heavy (non-hydrogen) atoms. The minimum absolute atomic E-state index is 0.0934. The second kappa shape index (κ2) is 12.8. The molecule has 3 fully saturated rings. The van der Waals surface area contributed by atoms with Gasteiger partial charge >= 0.3 is 0 Å². The summed E-state index contributed by atoms with van der Waals surface area (Å²) in [5, 5.41) is 3.13. The maximum absolute atomic E-state index is 12.3. The normalized spacial score (nSPS) is 22.3. The number of piperazine rings is 1. The molecule has 2 saturated heterocycles. The van der Waals surface area contributed by atoms with E-state index in [1.54, 1.807) is 18.4 Å². The molecule has 0 bridgehead atoms. The van der Waals surface area contributed by atoms with Crippen molar-refractivity contribution in [2.75, 3.05) is 68.8 Å². The zero-order valence-electron chi connectivity index (χ0n) is 23.2. The number of hydrogen-bond acceptors (Lipinski definition) is 8. The molecule has 1 amide bonds. The number of nitrogens with zero attached hydrogens (tertiary/aromatic N) is 5. The molecule has 9 nitrogen and oxygen atoms in total. The number of carbonyl (C=O) groups excluding carboxylic acids is 1. The molecule has 0 atom stereocenters. The molecule has 2 aliphatic heterocycles. The zero-order chi connectivity index (χ0) is 27.1. The molecule has 0 unspecified atom stereocenters. The lowest BCUT2D eigenvalue weighted by Crippen LogP contribution is -2.47. The fourth-order valence-electron chi connectivity index (χ4n) is 6.13. The monoisotopic (exact) mass is 544 g/mol. The highest BCUT2D eigenvalue weighted by Gasteiger charge is 2.25. The van der Waals surface area contributed by atoms with Crippen molar-refractivity contribution in [3.05, 3.63) is 60.7 Å². The first kappa shape index (κ1) is 26.8. The highest BCUT2D eigenvalue weighted by atomic mass is 16.5. The molecule has 3 aromatic rings. The second-order valence-corrected chi connectivity index (χ2v) is 11.2. The maximum atomic E-state index is 12.3. The summed E-state index contributed by atoms with van der Waals surface area (Å²) >= 11 is 0. The molecule has 1 saturated carbocycles. The van der Waals surface area contributed by atoms with E-state index in [0.29, 0.717) is 5.76 Å². The van der Waals surface area contributed by atoms with Crippen LogP contribution in [0.3, 0.4) is 0 Å². The van der Waals surface area contributed by atoms with Crippen LogP contribution in [0.5, 0.6) is 0 Å². The second-order valence-electron chi connectivity index (χ2n) is 11.2. The van der Waals surface area contributed by atoms with E-state index in [-0.39, 0.29) is 11.9 Å². The van der Waals surface area contributed by atoms with Gasteiger partial charge in [0.15, 0.2) is 5.76 Å². The molecule has 1 N–H and O–H groups in total. The van der Waals surface area contributed by atoms with Crippen molar-refractivity contribution in [3.63, 3.8) is 0 Å². The number of hydrogen-bond donors (Lipinski definition) is 1. The largest absolute Gasteiger partial charge is 0.459 e. The van der Waals surface area contributed by atoms with Gasteiger partial charge in [-0.15, -0.1) is 0 Å². The Morgan fingerprint density at radius 1 is 0.900 bits per heavy atom. The first-order valence-corrected chi connectivity index (χ1v) is 14.8. The number of carbonyl (C=O) groups is 1. The van der Waals surface area contributed by atoms with Crippen LogP contribution < -0.4 is 15.1 Å². The highest BCUT2D eigenvalue weighted by molar-refractivity contribution is 5.91. The summed E-state index contributed by atoms with van der Waals surface area (Å²) in [6.07, 6.45) is 9.16. The van der Waals surface area contributed by atoms with E-state index in [1.165, 1.54) is 19.3 Å². The van der Waals surface area contributed by atoms with Gasteiger partial charge in [-0.2, -0.15) is 0 Å². The van der Waals surface area contributed by atoms with Gasteiger partial charge in [-0.3, -0.25) is 9.69 Å². The Labute approximate surface area is 236 Å². The molecular formula is C31H40N6O3. The quantitative estimate of drug-likeness (QED) is 0.454. The van der Waals surface area contributed by atoms with Crippen molar-refractivity contribution < 1.29 is 13.9 Å². The van der Waals surface area contributed by atoms with E-state index >= 15 is 0 Å². The van der Waals surface area contributed by atoms with E-state index in [9.17, 15) is 4.79 Å². The fourth-order valence-corrected chi connectivity index (χ4v) is 6.13. The van der Waals surface area contributed by atoms with Gasteiger partial charge in [0.05, 0.1) is 25.2 Å². The average molecular weight is 545 g/mol. The van der Waals surface area contributed by atoms with Crippen LogP contribution in [0.25, 0.3) is 11.3 Å². The summed E-state index contributed by atoms with van der Waals surface area (Å²) in [5.41, 5.74) is 2.10. The van der Waals surface area contributed by atoms with Gasteiger partial charge in [-0.1, -0.05) is 6.07 Å². The molecule has 3 aliphatic rings. The first-order chi connectivity index (χ1) is 19.7. The summed E-state index contributed by atoms with van der Waals surface area (Å²) in [7, 11) is 0. The molecule has 0 aromatic carbocycles. The summed E-state index contributed by atoms with van der Waals surface area (Å²) < 4.78 is 10.7. The molecular weight excluding hydrogens is 504 g/mol. The van der Waals surface area contributed by atoms with Crippen LogP contribution >= 0.6 is 0 Å². The number of anilines is 2. The van der Waals surface area contributed by atoms with E-state index in [2.05, 4.69) is 50.3 Å². The molecule has 6 rings (SSSR count). The topological polar surface area (TPSA) is 87.0 Å². The molecule has 9 heteroatoms. The number of morpholine rings is 1. The molecule has 5 heterocycles. The molecule has 1 aliphatic carbocycles. The third-order valence-electron chi connectivity index (χ3n) is 8.59. The van der Waals surface area contributed by atoms with Crippen molar-refractivity contribution in [2.24, 2.45) is 5.92 Å². The van der Waals surface area contributed by atoms with Crippen molar-refractivity contribution >= 4 is 17.5 Å². The van der Waals surface area contributed by atoms with E-state index < -0.39 is 0 Å². The van der Waals surface area contributed by atoms with Crippen molar-refractivity contribution in [1.82, 2.24) is 20.2 Å². The summed E-state index contributed by atoms with van der Waals surface area (Å²) in [5.74, 6) is 3.10. The third kappa shape index (κ3) is 6.64. The molecule has 0 radical (unpaired) electrons. The van der Waals surface area contributed by atoms with Gasteiger partial charge in [0.2, 0.25) is 0 Å². The highest BCUT2D eigenvalue weighted by Crippen LogP contribution is 2.28. The first-order valence-electron chi connectivity index (χ1n) is 14.8. The van der Waals surface area contributed by atoms with Gasteiger partial charge < -0.3 is 24.3 Å². The van der Waals surface area contributed by atoms with Crippen LogP contribution in [-0.2, 0) is 4.74 Å². The Morgan fingerprint density at radius 3 is 2.48 bits per heavy atom. The predicted octanol–water partition coefficient (Wildman–Crippen LogP) is 4.07. The van der Waals surface area contributed by atoms with Crippen LogP contribution in [0.1, 0.15) is 42.7 Å². The van der Waals surface area contributed by atoms with E-state index in [4.69, 9.17) is 19.1 Å². The van der Waals surface area contributed by atoms with Gasteiger partial charge in [0.1, 0.15) is 11.6 Å². The molecule has 212 valence electrons. The average Bonchev–Trinajstić information content (AvgIpc) is 3.57. The summed E-state index contributed by atoms with van der Waals surface area (Å²) in [6, 6.07) is 14.2. The van der Waals surface area contributed by atoms with Gasteiger partial charge in [0, 0.05) is 57.1 Å². The Bertz CT molecular complexity index is 1230. The number of pyridine rings is 2. The minimum Gasteiger partial charge on any atom is -0.459 e. The Hall–Kier alpha value is -3.43. The third-order valence-corrected chi connectivity index (χ3v) is 8.59. The van der Waals surface area contributed by atoms with Crippen molar-refractivity contribution in [2.45, 2.75) is 38.1 Å². The SMILES string of the molecule is O=C(NC1CCC(CCN2CCN(c3cc(-c4cccc(N5CCOCC5)n4)ccn3)CC2)CC1)c1ccco1. The van der Waals surface area contributed by atoms with Gasteiger partial charge in [-0.25, -0.2) is 9.97 Å². The van der Waals surface area contributed by atoms with Crippen molar-refractivity contribution in [3.8, 4) is 11.3 Å². The summed E-state index contributed by atoms with van der Waals surface area (Å²) in [4.78, 5) is 29.2. The lowest BCUT2D eigenvalue weighted by molar-refractivity contribution is 0.0891. The lowest BCUT2D eigenvalue weighted by atomic mass is 9.84. The molecule has 0 spiro atoms. The number of amides is 1. The number of nitrogens with one attached hydrogen (secondary N) is 1. The van der Waals surface area contributed by atoms with E-state index in [1.807, 2.05) is 6.20 Å². The number of ether oxygens (including phenoxy) is 1. The molecule has 3 aromatic heterocycles. The predicted molar refractivity (Wildman–Crippen MR) is 156 cm³/mol. The van der Waals surface area contributed by atoms with Gasteiger partial charge in [-0.05, 0) is 81.0 Å². The van der Waals surface area contributed by atoms with Crippen molar-refractivity contribution in [1.29, 1.82) is 0 Å². The summed E-state index contributed by atoms with van der Waals surface area (Å²) in [6.45, 7) is 8.52. The zero-order valence-corrected chi connectivity index (χ0v) is 23.2. The Morgan fingerprint density at radius 2 is 1.70 bits per heavy atom. The van der Waals surface area contributed by atoms with E-state index in [0.717, 1.165) is 101 Å².